The summed E-state index contributed by atoms with van der Waals surface area (Å²) in [6, 6.07) is 7.97. The van der Waals surface area contributed by atoms with Gasteiger partial charge in [-0.05, 0) is 31.2 Å². The quantitative estimate of drug-likeness (QED) is 0.757. The average Bonchev–Trinajstić information content (AvgIpc) is 2.81. The number of halogens is 1. The number of hydrogen-bond donors (Lipinski definition) is 2. The minimum Gasteiger partial charge on any atom is -0.368 e. The third-order valence-electron chi connectivity index (χ3n) is 2.88. The van der Waals surface area contributed by atoms with Gasteiger partial charge in [-0.15, -0.1) is 11.3 Å². The maximum atomic E-state index is 13.3. The molecule has 7 heteroatoms. The van der Waals surface area contributed by atoms with Crippen LogP contribution in [-0.2, 0) is 0 Å². The third-order valence-corrected chi connectivity index (χ3v) is 3.83. The molecule has 0 fully saturated rings. The fourth-order valence-electron chi connectivity index (χ4n) is 1.98. The lowest BCUT2D eigenvalue weighted by atomic mass is 10.2. The standard InChI is InChI=1S/C14H10FN5S/c1-7-4-10-12(19-14(17)20-13(10)21-7)18-9-2-3-11(15)8(5-9)6-16/h2-5H,1H3,(H3,17,18,19,20). The summed E-state index contributed by atoms with van der Waals surface area (Å²) in [7, 11) is 0. The summed E-state index contributed by atoms with van der Waals surface area (Å²) in [5, 5.41) is 12.8. The number of benzene rings is 1. The Morgan fingerprint density at radius 3 is 2.90 bits per heavy atom. The van der Waals surface area contributed by atoms with Gasteiger partial charge in [-0.3, -0.25) is 0 Å². The molecule has 3 rings (SSSR count). The van der Waals surface area contributed by atoms with Crippen LogP contribution in [0.25, 0.3) is 10.2 Å². The first-order valence-corrected chi connectivity index (χ1v) is 6.89. The topological polar surface area (TPSA) is 87.6 Å². The van der Waals surface area contributed by atoms with Crippen LogP contribution in [0.1, 0.15) is 10.4 Å². The van der Waals surface area contributed by atoms with Crippen molar-refractivity contribution in [1.29, 1.82) is 5.26 Å². The molecule has 2 aromatic heterocycles. The van der Waals surface area contributed by atoms with E-state index < -0.39 is 5.82 Å². The maximum absolute atomic E-state index is 13.3. The SMILES string of the molecule is Cc1cc2c(Nc3ccc(F)c(C#N)c3)nc(N)nc2s1. The van der Waals surface area contributed by atoms with E-state index in [9.17, 15) is 4.39 Å². The Kier molecular flexibility index (Phi) is 3.16. The number of nitrogen functional groups attached to an aromatic ring is 1. The van der Waals surface area contributed by atoms with Gasteiger partial charge >= 0.3 is 0 Å². The predicted molar refractivity (Wildman–Crippen MR) is 81.0 cm³/mol. The summed E-state index contributed by atoms with van der Waals surface area (Å²) in [6.45, 7) is 1.97. The van der Waals surface area contributed by atoms with Crippen LogP contribution in [0.15, 0.2) is 24.3 Å². The van der Waals surface area contributed by atoms with E-state index in [1.54, 1.807) is 12.1 Å². The molecule has 0 bridgehead atoms. The molecule has 5 nitrogen and oxygen atoms in total. The summed E-state index contributed by atoms with van der Waals surface area (Å²) in [4.78, 5) is 10.2. The summed E-state index contributed by atoms with van der Waals surface area (Å²) >= 11 is 1.52. The van der Waals surface area contributed by atoms with Crippen LogP contribution in [0.3, 0.4) is 0 Å². The van der Waals surface area contributed by atoms with Gasteiger partial charge in [-0.1, -0.05) is 0 Å². The lowest BCUT2D eigenvalue weighted by Gasteiger charge is -2.08. The largest absolute Gasteiger partial charge is 0.368 e. The Morgan fingerprint density at radius 2 is 2.14 bits per heavy atom. The van der Waals surface area contributed by atoms with Gasteiger partial charge in [0.25, 0.3) is 0 Å². The fourth-order valence-corrected chi connectivity index (χ4v) is 2.87. The van der Waals surface area contributed by atoms with Crippen LogP contribution in [-0.4, -0.2) is 9.97 Å². The van der Waals surface area contributed by atoms with Crippen molar-refractivity contribution >= 4 is 39.0 Å². The van der Waals surface area contributed by atoms with Crippen molar-refractivity contribution in [1.82, 2.24) is 9.97 Å². The molecule has 0 radical (unpaired) electrons. The number of nitriles is 1. The second kappa shape index (κ2) is 5.00. The van der Waals surface area contributed by atoms with Crippen LogP contribution in [0, 0.1) is 24.1 Å². The molecule has 3 aromatic rings. The molecule has 0 atom stereocenters. The number of aryl methyl sites for hydroxylation is 1. The monoisotopic (exact) mass is 299 g/mol. The molecular weight excluding hydrogens is 289 g/mol. The van der Waals surface area contributed by atoms with Gasteiger partial charge in [0.15, 0.2) is 0 Å². The van der Waals surface area contributed by atoms with E-state index in [2.05, 4.69) is 15.3 Å². The number of nitrogens with two attached hydrogens (primary N) is 1. The van der Waals surface area contributed by atoms with E-state index in [-0.39, 0.29) is 11.5 Å². The first-order valence-electron chi connectivity index (χ1n) is 6.07. The van der Waals surface area contributed by atoms with E-state index in [1.807, 2.05) is 13.0 Å². The zero-order valence-corrected chi connectivity index (χ0v) is 11.8. The minimum absolute atomic E-state index is 0.0280. The maximum Gasteiger partial charge on any atom is 0.223 e. The van der Waals surface area contributed by atoms with Crippen molar-refractivity contribution < 1.29 is 4.39 Å². The van der Waals surface area contributed by atoms with Gasteiger partial charge in [-0.25, -0.2) is 9.37 Å². The highest BCUT2D eigenvalue weighted by atomic mass is 32.1. The van der Waals surface area contributed by atoms with Gasteiger partial charge in [0.05, 0.1) is 10.9 Å². The third kappa shape index (κ3) is 2.49. The Labute approximate surface area is 123 Å². The molecular formula is C14H10FN5S. The highest BCUT2D eigenvalue weighted by Gasteiger charge is 2.10. The van der Waals surface area contributed by atoms with Gasteiger partial charge < -0.3 is 11.1 Å². The van der Waals surface area contributed by atoms with Crippen molar-refractivity contribution in [3.63, 3.8) is 0 Å². The molecule has 3 N–H and O–H groups in total. The molecule has 2 heterocycles. The highest BCUT2D eigenvalue weighted by Crippen LogP contribution is 2.31. The average molecular weight is 299 g/mol. The normalized spacial score (nSPS) is 10.5. The van der Waals surface area contributed by atoms with Crippen molar-refractivity contribution in [3.05, 3.63) is 40.5 Å². The van der Waals surface area contributed by atoms with Gasteiger partial charge in [0, 0.05) is 10.6 Å². The smallest absolute Gasteiger partial charge is 0.223 e. The number of thiophene rings is 1. The molecule has 0 aliphatic carbocycles. The van der Waals surface area contributed by atoms with E-state index in [4.69, 9.17) is 11.0 Å². The van der Waals surface area contributed by atoms with Crippen molar-refractivity contribution in [2.75, 3.05) is 11.1 Å². The number of anilines is 3. The second-order valence-electron chi connectivity index (χ2n) is 4.44. The number of aromatic nitrogens is 2. The van der Waals surface area contributed by atoms with Gasteiger partial charge in [0.1, 0.15) is 22.5 Å². The van der Waals surface area contributed by atoms with Crippen LogP contribution in [0.5, 0.6) is 0 Å². The Bertz CT molecular complexity index is 881. The number of nitrogens with one attached hydrogen (secondary N) is 1. The Hall–Kier alpha value is -2.72. The predicted octanol–water partition coefficient (Wildman–Crippen LogP) is 3.34. The molecule has 0 amide bonds. The molecule has 1 aromatic carbocycles. The number of nitrogens with zero attached hydrogens (tertiary/aromatic N) is 3. The summed E-state index contributed by atoms with van der Waals surface area (Å²) < 4.78 is 13.3. The molecule has 0 saturated heterocycles. The zero-order valence-electron chi connectivity index (χ0n) is 11.0. The van der Waals surface area contributed by atoms with Gasteiger partial charge in [0.2, 0.25) is 5.95 Å². The second-order valence-corrected chi connectivity index (χ2v) is 5.67. The summed E-state index contributed by atoms with van der Waals surface area (Å²) in [6.07, 6.45) is 0. The minimum atomic E-state index is -0.554. The lowest BCUT2D eigenvalue weighted by molar-refractivity contribution is 0.624. The number of rotatable bonds is 2. The first-order chi connectivity index (χ1) is 10.1. The summed E-state index contributed by atoms with van der Waals surface area (Å²) in [5.74, 6) is 0.147. The van der Waals surface area contributed by atoms with Crippen molar-refractivity contribution in [2.24, 2.45) is 0 Å². The molecule has 0 saturated carbocycles. The number of fused-ring (bicyclic) bond motifs is 1. The van der Waals surface area contributed by atoms with Crippen LogP contribution < -0.4 is 11.1 Å². The highest BCUT2D eigenvalue weighted by molar-refractivity contribution is 7.18. The van der Waals surface area contributed by atoms with Crippen LogP contribution in [0.4, 0.5) is 21.8 Å². The summed E-state index contributed by atoms with van der Waals surface area (Å²) in [5.41, 5.74) is 6.24. The first kappa shape index (κ1) is 13.3. The molecule has 21 heavy (non-hydrogen) atoms. The van der Waals surface area contributed by atoms with E-state index >= 15 is 0 Å². The zero-order chi connectivity index (χ0) is 15.0. The Balaban J connectivity index is 2.07. The van der Waals surface area contributed by atoms with Crippen molar-refractivity contribution in [2.45, 2.75) is 6.92 Å². The van der Waals surface area contributed by atoms with Crippen LogP contribution >= 0.6 is 11.3 Å². The van der Waals surface area contributed by atoms with E-state index in [0.29, 0.717) is 11.5 Å². The fraction of sp³-hybridized carbons (Fsp3) is 0.0714. The molecule has 0 aliphatic rings. The van der Waals surface area contributed by atoms with Crippen molar-refractivity contribution in [3.8, 4) is 6.07 Å². The van der Waals surface area contributed by atoms with Crippen LogP contribution in [0.2, 0.25) is 0 Å². The van der Waals surface area contributed by atoms with Gasteiger partial charge in [-0.2, -0.15) is 10.2 Å². The van der Waals surface area contributed by atoms with E-state index in [0.717, 1.165) is 15.1 Å². The Morgan fingerprint density at radius 1 is 1.33 bits per heavy atom. The molecule has 0 aliphatic heterocycles. The molecule has 0 spiro atoms. The molecule has 104 valence electrons. The van der Waals surface area contributed by atoms with E-state index in [1.165, 1.54) is 23.5 Å². The lowest BCUT2D eigenvalue weighted by Crippen LogP contribution is -2.00. The molecule has 0 unspecified atom stereocenters. The number of hydrogen-bond acceptors (Lipinski definition) is 6.